The van der Waals surface area contributed by atoms with Crippen molar-refractivity contribution < 1.29 is 9.53 Å². The van der Waals surface area contributed by atoms with Crippen LogP contribution < -0.4 is 10.2 Å². The van der Waals surface area contributed by atoms with Crippen molar-refractivity contribution >= 4 is 39.8 Å². The topological polar surface area (TPSA) is 81.4 Å². The molecule has 1 N–H and O–H groups in total. The first-order chi connectivity index (χ1) is 13.6. The largest absolute Gasteiger partial charge is 0.497 e. The van der Waals surface area contributed by atoms with E-state index in [4.69, 9.17) is 4.74 Å². The molecular formula is C19H18BrN5O2S. The SMILES string of the molecule is COc1cccc(/C=N/NC(=O)CSc2nnc(-c3ccc(Br)cc3)n2C)c1. The number of halogens is 1. The molecule has 0 aliphatic rings. The molecule has 144 valence electrons. The highest BCUT2D eigenvalue weighted by Gasteiger charge is 2.12. The monoisotopic (exact) mass is 459 g/mol. The second-order valence-electron chi connectivity index (χ2n) is 5.73. The Bertz CT molecular complexity index is 988. The van der Waals surface area contributed by atoms with E-state index in [0.29, 0.717) is 5.16 Å². The van der Waals surface area contributed by atoms with Crippen molar-refractivity contribution in [3.05, 3.63) is 58.6 Å². The minimum absolute atomic E-state index is 0.182. The first-order valence-electron chi connectivity index (χ1n) is 8.31. The maximum Gasteiger partial charge on any atom is 0.250 e. The van der Waals surface area contributed by atoms with Crippen LogP contribution in [0.25, 0.3) is 11.4 Å². The summed E-state index contributed by atoms with van der Waals surface area (Å²) in [5, 5.41) is 13.0. The Labute approximate surface area is 175 Å². The Balaban J connectivity index is 1.54. The van der Waals surface area contributed by atoms with Crippen molar-refractivity contribution in [2.75, 3.05) is 12.9 Å². The molecule has 3 rings (SSSR count). The number of hydrazone groups is 1. The van der Waals surface area contributed by atoms with Crippen molar-refractivity contribution in [1.82, 2.24) is 20.2 Å². The fourth-order valence-corrected chi connectivity index (χ4v) is 3.32. The Kier molecular flexibility index (Phi) is 6.83. The lowest BCUT2D eigenvalue weighted by atomic mass is 10.2. The lowest BCUT2D eigenvalue weighted by molar-refractivity contribution is -0.118. The summed E-state index contributed by atoms with van der Waals surface area (Å²) in [6.45, 7) is 0. The zero-order chi connectivity index (χ0) is 19.9. The maximum atomic E-state index is 12.0. The second kappa shape index (κ2) is 9.52. The number of carbonyl (C=O) groups is 1. The van der Waals surface area contributed by atoms with Gasteiger partial charge in [0.2, 0.25) is 0 Å². The third-order valence-electron chi connectivity index (χ3n) is 3.77. The van der Waals surface area contributed by atoms with Gasteiger partial charge in [-0.25, -0.2) is 5.43 Å². The number of rotatable bonds is 7. The predicted molar refractivity (Wildman–Crippen MR) is 114 cm³/mol. The van der Waals surface area contributed by atoms with Crippen molar-refractivity contribution in [2.45, 2.75) is 5.16 Å². The number of hydrogen-bond acceptors (Lipinski definition) is 6. The van der Waals surface area contributed by atoms with E-state index in [2.05, 4.69) is 36.7 Å². The highest BCUT2D eigenvalue weighted by Crippen LogP contribution is 2.23. The van der Waals surface area contributed by atoms with Gasteiger partial charge in [0.15, 0.2) is 11.0 Å². The molecule has 0 unspecified atom stereocenters. The van der Waals surface area contributed by atoms with Gasteiger partial charge < -0.3 is 9.30 Å². The first kappa shape index (κ1) is 20.1. The normalized spacial score (nSPS) is 11.0. The molecule has 0 bridgehead atoms. The molecule has 1 heterocycles. The molecule has 0 spiro atoms. The van der Waals surface area contributed by atoms with Gasteiger partial charge in [-0.05, 0) is 29.8 Å². The average molecular weight is 460 g/mol. The van der Waals surface area contributed by atoms with E-state index in [-0.39, 0.29) is 11.7 Å². The number of ether oxygens (including phenoxy) is 1. The van der Waals surface area contributed by atoms with Crippen LogP contribution in [0.2, 0.25) is 0 Å². The summed E-state index contributed by atoms with van der Waals surface area (Å²) in [6, 6.07) is 15.2. The zero-order valence-electron chi connectivity index (χ0n) is 15.3. The lowest BCUT2D eigenvalue weighted by Gasteiger charge is -2.04. The van der Waals surface area contributed by atoms with Crippen LogP contribution in [0.5, 0.6) is 5.75 Å². The zero-order valence-corrected chi connectivity index (χ0v) is 17.7. The molecule has 0 radical (unpaired) electrons. The van der Waals surface area contributed by atoms with Gasteiger partial charge in [0.1, 0.15) is 5.75 Å². The van der Waals surface area contributed by atoms with Crippen LogP contribution in [0.3, 0.4) is 0 Å². The third-order valence-corrected chi connectivity index (χ3v) is 5.32. The summed E-state index contributed by atoms with van der Waals surface area (Å²) >= 11 is 4.72. The number of methoxy groups -OCH3 is 1. The molecule has 0 aliphatic carbocycles. The summed E-state index contributed by atoms with van der Waals surface area (Å²) in [4.78, 5) is 12.0. The maximum absolute atomic E-state index is 12.0. The van der Waals surface area contributed by atoms with E-state index in [1.807, 2.05) is 60.1 Å². The van der Waals surface area contributed by atoms with Crippen molar-refractivity contribution in [3.63, 3.8) is 0 Å². The Morgan fingerprint density at radius 1 is 1.29 bits per heavy atom. The number of amides is 1. The molecular weight excluding hydrogens is 442 g/mol. The van der Waals surface area contributed by atoms with Gasteiger partial charge in [0.25, 0.3) is 5.91 Å². The van der Waals surface area contributed by atoms with Gasteiger partial charge in [0, 0.05) is 17.1 Å². The average Bonchev–Trinajstić information content (AvgIpc) is 3.07. The predicted octanol–water partition coefficient (Wildman–Crippen LogP) is 3.50. The lowest BCUT2D eigenvalue weighted by Crippen LogP contribution is -2.19. The molecule has 2 aromatic carbocycles. The van der Waals surface area contributed by atoms with Gasteiger partial charge >= 0.3 is 0 Å². The molecule has 0 aliphatic heterocycles. The van der Waals surface area contributed by atoms with Crippen LogP contribution in [0.15, 0.2) is 63.3 Å². The van der Waals surface area contributed by atoms with E-state index in [1.54, 1.807) is 13.3 Å². The molecule has 0 fully saturated rings. The van der Waals surface area contributed by atoms with Crippen molar-refractivity contribution in [3.8, 4) is 17.1 Å². The molecule has 3 aromatic rings. The molecule has 1 amide bonds. The molecule has 7 nitrogen and oxygen atoms in total. The van der Waals surface area contributed by atoms with E-state index < -0.39 is 0 Å². The molecule has 28 heavy (non-hydrogen) atoms. The highest BCUT2D eigenvalue weighted by molar-refractivity contribution is 9.10. The van der Waals surface area contributed by atoms with Gasteiger partial charge in [-0.3, -0.25) is 4.79 Å². The quantitative estimate of drug-likeness (QED) is 0.332. The molecule has 9 heteroatoms. The summed E-state index contributed by atoms with van der Waals surface area (Å²) < 4.78 is 8.01. The van der Waals surface area contributed by atoms with Crippen molar-refractivity contribution in [2.24, 2.45) is 12.1 Å². The first-order valence-corrected chi connectivity index (χ1v) is 10.1. The smallest absolute Gasteiger partial charge is 0.250 e. The summed E-state index contributed by atoms with van der Waals surface area (Å²) in [5.41, 5.74) is 4.30. The number of hydrogen-bond donors (Lipinski definition) is 1. The number of thioether (sulfide) groups is 1. The Hall–Kier alpha value is -2.65. The van der Waals surface area contributed by atoms with E-state index in [0.717, 1.165) is 27.2 Å². The van der Waals surface area contributed by atoms with Crippen LogP contribution in [-0.4, -0.2) is 39.7 Å². The molecule has 0 saturated carbocycles. The van der Waals surface area contributed by atoms with E-state index >= 15 is 0 Å². The second-order valence-corrected chi connectivity index (χ2v) is 7.59. The van der Waals surface area contributed by atoms with Gasteiger partial charge in [0.05, 0.1) is 19.1 Å². The fraction of sp³-hybridized carbons (Fsp3) is 0.158. The summed E-state index contributed by atoms with van der Waals surface area (Å²) in [5.74, 6) is 1.43. The van der Waals surface area contributed by atoms with Gasteiger partial charge in [-0.2, -0.15) is 5.10 Å². The summed E-state index contributed by atoms with van der Waals surface area (Å²) in [7, 11) is 3.47. The molecule has 0 atom stereocenters. The fourth-order valence-electron chi connectivity index (χ4n) is 2.35. The highest BCUT2D eigenvalue weighted by atomic mass is 79.9. The van der Waals surface area contributed by atoms with Crippen LogP contribution in [0.1, 0.15) is 5.56 Å². The number of nitrogens with one attached hydrogen (secondary N) is 1. The van der Waals surface area contributed by atoms with Crippen LogP contribution in [0, 0.1) is 0 Å². The number of aromatic nitrogens is 3. The van der Waals surface area contributed by atoms with Crippen LogP contribution in [-0.2, 0) is 11.8 Å². The Morgan fingerprint density at radius 3 is 2.82 bits per heavy atom. The summed E-state index contributed by atoms with van der Waals surface area (Å²) in [6.07, 6.45) is 1.57. The Morgan fingerprint density at radius 2 is 2.07 bits per heavy atom. The number of nitrogens with zero attached hydrogens (tertiary/aromatic N) is 4. The molecule has 1 aromatic heterocycles. The van der Waals surface area contributed by atoms with Crippen molar-refractivity contribution in [1.29, 1.82) is 0 Å². The van der Waals surface area contributed by atoms with Crippen LogP contribution in [0.4, 0.5) is 0 Å². The number of benzene rings is 2. The van der Waals surface area contributed by atoms with E-state index in [9.17, 15) is 4.79 Å². The van der Waals surface area contributed by atoms with Gasteiger partial charge in [-0.1, -0.05) is 52.0 Å². The number of carbonyl (C=O) groups excluding carboxylic acids is 1. The minimum atomic E-state index is -0.225. The van der Waals surface area contributed by atoms with Crippen LogP contribution >= 0.6 is 27.7 Å². The minimum Gasteiger partial charge on any atom is -0.497 e. The standard InChI is InChI=1S/C19H18BrN5O2S/c1-25-18(14-6-8-15(20)9-7-14)23-24-19(25)28-12-17(26)22-21-11-13-4-3-5-16(10-13)27-2/h3-11H,12H2,1-2H3,(H,22,26)/b21-11+. The van der Waals surface area contributed by atoms with E-state index in [1.165, 1.54) is 11.8 Å². The van der Waals surface area contributed by atoms with Gasteiger partial charge in [-0.15, -0.1) is 10.2 Å². The molecule has 0 saturated heterocycles. The third kappa shape index (κ3) is 5.20.